The van der Waals surface area contributed by atoms with Crippen molar-refractivity contribution in [1.29, 1.82) is 0 Å². The maximum Gasteiger partial charge on any atom is 0.261 e. The number of benzene rings is 1. The van der Waals surface area contributed by atoms with Crippen molar-refractivity contribution >= 4 is 33.2 Å². The van der Waals surface area contributed by atoms with E-state index in [4.69, 9.17) is 0 Å². The van der Waals surface area contributed by atoms with Gasteiger partial charge in [-0.25, -0.2) is 0 Å². The van der Waals surface area contributed by atoms with Gasteiger partial charge in [0.25, 0.3) is 5.91 Å². The van der Waals surface area contributed by atoms with Crippen LogP contribution in [0.25, 0.3) is 0 Å². The smallest absolute Gasteiger partial charge is 0.261 e. The lowest BCUT2D eigenvalue weighted by atomic mass is 10.0. The maximum absolute atomic E-state index is 12.0. The molecule has 0 saturated carbocycles. The molecule has 2 aromatic rings. The third-order valence-electron chi connectivity index (χ3n) is 3.53. The van der Waals surface area contributed by atoms with Gasteiger partial charge in [-0.2, -0.15) is 0 Å². The van der Waals surface area contributed by atoms with E-state index in [1.165, 1.54) is 22.5 Å². The summed E-state index contributed by atoms with van der Waals surface area (Å²) < 4.78 is 0.902. The molecule has 2 N–H and O–H groups in total. The van der Waals surface area contributed by atoms with Crippen LogP contribution in [0.2, 0.25) is 0 Å². The highest BCUT2D eigenvalue weighted by atomic mass is 79.9. The average molecular weight is 352 g/mol. The maximum atomic E-state index is 12.0. The summed E-state index contributed by atoms with van der Waals surface area (Å²) in [5.74, 6) is -0.134. The molecule has 1 heterocycles. The highest BCUT2D eigenvalue weighted by Crippen LogP contribution is 2.29. The van der Waals surface area contributed by atoms with Crippen molar-refractivity contribution in [1.82, 2.24) is 5.32 Å². The Morgan fingerprint density at radius 1 is 1.35 bits per heavy atom. The molecule has 3 rings (SSSR count). The number of nitrogens with one attached hydrogen (secondary N) is 1. The fraction of sp³-hybridized carbons (Fsp3) is 0.267. The van der Waals surface area contributed by atoms with Gasteiger partial charge >= 0.3 is 0 Å². The molecule has 0 spiro atoms. The van der Waals surface area contributed by atoms with Crippen molar-refractivity contribution < 1.29 is 9.90 Å². The standard InChI is InChI=1S/C15H14BrNO2S/c16-12-5-13(20-8-12)14(18)17-9-15(19)6-10-3-1-2-4-11(10)7-15/h1-5,8,19H,6-7,9H2,(H,17,18). The molecule has 0 bridgehead atoms. The van der Waals surface area contributed by atoms with Crippen molar-refractivity contribution in [2.75, 3.05) is 6.54 Å². The number of halogens is 1. The largest absolute Gasteiger partial charge is 0.387 e. The molecule has 0 unspecified atom stereocenters. The number of rotatable bonds is 3. The second-order valence-corrected chi connectivity index (χ2v) is 6.99. The van der Waals surface area contributed by atoms with Crippen LogP contribution in [-0.4, -0.2) is 23.2 Å². The minimum absolute atomic E-state index is 0.134. The average Bonchev–Trinajstić information content (AvgIpc) is 2.99. The first-order valence-corrected chi connectivity index (χ1v) is 8.04. The first-order valence-electron chi connectivity index (χ1n) is 6.37. The fourth-order valence-corrected chi connectivity index (χ4v) is 3.91. The predicted octanol–water partition coefficient (Wildman–Crippen LogP) is 2.77. The molecular formula is C15H14BrNO2S. The molecule has 5 heteroatoms. The van der Waals surface area contributed by atoms with Gasteiger partial charge < -0.3 is 10.4 Å². The Balaban J connectivity index is 1.63. The first kappa shape index (κ1) is 13.8. The Kier molecular flexibility index (Phi) is 3.67. The molecule has 1 aliphatic rings. The van der Waals surface area contributed by atoms with Gasteiger partial charge in [-0.3, -0.25) is 4.79 Å². The topological polar surface area (TPSA) is 49.3 Å². The number of carbonyl (C=O) groups is 1. The van der Waals surface area contributed by atoms with E-state index in [2.05, 4.69) is 21.2 Å². The van der Waals surface area contributed by atoms with Gasteiger partial charge in [-0.05, 0) is 33.1 Å². The van der Waals surface area contributed by atoms with Gasteiger partial charge in [-0.1, -0.05) is 24.3 Å². The molecule has 104 valence electrons. The summed E-state index contributed by atoms with van der Waals surface area (Å²) in [5.41, 5.74) is 1.47. The van der Waals surface area contributed by atoms with Gasteiger partial charge in [-0.15, -0.1) is 11.3 Å². The number of aliphatic hydroxyl groups is 1. The molecule has 1 aromatic carbocycles. The summed E-state index contributed by atoms with van der Waals surface area (Å²) in [6.07, 6.45) is 1.19. The Morgan fingerprint density at radius 3 is 2.55 bits per heavy atom. The zero-order chi connectivity index (χ0) is 14.2. The van der Waals surface area contributed by atoms with Crippen molar-refractivity contribution in [3.63, 3.8) is 0 Å². The minimum Gasteiger partial charge on any atom is -0.387 e. The lowest BCUT2D eigenvalue weighted by molar-refractivity contribution is 0.0481. The summed E-state index contributed by atoms with van der Waals surface area (Å²) in [4.78, 5) is 12.6. The van der Waals surface area contributed by atoms with E-state index < -0.39 is 5.60 Å². The van der Waals surface area contributed by atoms with Crippen LogP contribution in [0.1, 0.15) is 20.8 Å². The molecule has 0 aliphatic heterocycles. The van der Waals surface area contributed by atoms with Crippen LogP contribution < -0.4 is 5.32 Å². The summed E-state index contributed by atoms with van der Waals surface area (Å²) in [7, 11) is 0. The Hall–Kier alpha value is -1.17. The SMILES string of the molecule is O=C(NCC1(O)Cc2ccccc2C1)c1cc(Br)cs1. The number of hydrogen-bond donors (Lipinski definition) is 2. The second-order valence-electron chi connectivity index (χ2n) is 5.16. The third kappa shape index (κ3) is 2.80. The molecule has 0 atom stereocenters. The number of thiophene rings is 1. The number of hydrogen-bond acceptors (Lipinski definition) is 3. The van der Waals surface area contributed by atoms with Crippen LogP contribution in [0.5, 0.6) is 0 Å². The number of fused-ring (bicyclic) bond motifs is 1. The van der Waals surface area contributed by atoms with Gasteiger partial charge in [0.2, 0.25) is 0 Å². The van der Waals surface area contributed by atoms with Gasteiger partial charge in [0.1, 0.15) is 0 Å². The lowest BCUT2D eigenvalue weighted by Crippen LogP contribution is -2.43. The van der Waals surface area contributed by atoms with Crippen molar-refractivity contribution in [3.8, 4) is 0 Å². The second kappa shape index (κ2) is 5.31. The predicted molar refractivity (Wildman–Crippen MR) is 83.2 cm³/mol. The van der Waals surface area contributed by atoms with E-state index in [1.807, 2.05) is 29.6 Å². The molecular weight excluding hydrogens is 338 g/mol. The zero-order valence-electron chi connectivity index (χ0n) is 10.7. The van der Waals surface area contributed by atoms with Crippen LogP contribution in [0.4, 0.5) is 0 Å². The molecule has 0 saturated heterocycles. The Labute approximate surface area is 129 Å². The van der Waals surface area contributed by atoms with E-state index in [9.17, 15) is 9.90 Å². The van der Waals surface area contributed by atoms with E-state index in [1.54, 1.807) is 6.07 Å². The van der Waals surface area contributed by atoms with E-state index in [0.717, 1.165) is 4.47 Å². The molecule has 20 heavy (non-hydrogen) atoms. The van der Waals surface area contributed by atoms with Crippen molar-refractivity contribution in [3.05, 3.63) is 56.2 Å². The van der Waals surface area contributed by atoms with Crippen LogP contribution in [0, 0.1) is 0 Å². The van der Waals surface area contributed by atoms with E-state index in [-0.39, 0.29) is 12.5 Å². The monoisotopic (exact) mass is 351 g/mol. The molecule has 0 fully saturated rings. The van der Waals surface area contributed by atoms with Gasteiger partial charge in [0, 0.05) is 29.2 Å². The summed E-state index contributed by atoms with van der Waals surface area (Å²) >= 11 is 4.71. The van der Waals surface area contributed by atoms with Gasteiger partial charge in [0.15, 0.2) is 0 Å². The third-order valence-corrected chi connectivity index (χ3v) is 5.22. The molecule has 1 aliphatic carbocycles. The van der Waals surface area contributed by atoms with Crippen molar-refractivity contribution in [2.45, 2.75) is 18.4 Å². The molecule has 0 radical (unpaired) electrons. The van der Waals surface area contributed by atoms with E-state index in [0.29, 0.717) is 17.7 Å². The van der Waals surface area contributed by atoms with E-state index >= 15 is 0 Å². The molecule has 3 nitrogen and oxygen atoms in total. The fourth-order valence-electron chi connectivity index (χ4n) is 2.56. The highest BCUT2D eigenvalue weighted by molar-refractivity contribution is 9.10. The lowest BCUT2D eigenvalue weighted by Gasteiger charge is -2.22. The Bertz CT molecular complexity index is 628. The number of amides is 1. The summed E-state index contributed by atoms with van der Waals surface area (Å²) in [6.45, 7) is 0.274. The van der Waals surface area contributed by atoms with Crippen LogP contribution in [0.15, 0.2) is 40.2 Å². The minimum atomic E-state index is -0.867. The normalized spacial score (nSPS) is 15.9. The Morgan fingerprint density at radius 2 is 2.00 bits per heavy atom. The molecule has 1 aromatic heterocycles. The first-order chi connectivity index (χ1) is 9.56. The van der Waals surface area contributed by atoms with Crippen LogP contribution >= 0.6 is 27.3 Å². The highest BCUT2D eigenvalue weighted by Gasteiger charge is 2.35. The number of carbonyl (C=O) groups excluding carboxylic acids is 1. The van der Waals surface area contributed by atoms with Gasteiger partial charge in [0.05, 0.1) is 10.5 Å². The molecule has 1 amide bonds. The summed E-state index contributed by atoms with van der Waals surface area (Å²) in [5, 5.41) is 15.3. The summed E-state index contributed by atoms with van der Waals surface area (Å²) in [6, 6.07) is 9.81. The van der Waals surface area contributed by atoms with Crippen LogP contribution in [-0.2, 0) is 12.8 Å². The van der Waals surface area contributed by atoms with Crippen LogP contribution in [0.3, 0.4) is 0 Å². The quantitative estimate of drug-likeness (QED) is 0.893. The zero-order valence-corrected chi connectivity index (χ0v) is 13.1. The van der Waals surface area contributed by atoms with Crippen molar-refractivity contribution in [2.24, 2.45) is 0 Å².